The van der Waals surface area contributed by atoms with E-state index in [4.69, 9.17) is 5.73 Å². The van der Waals surface area contributed by atoms with Gasteiger partial charge in [-0.25, -0.2) is 18.2 Å². The van der Waals surface area contributed by atoms with Crippen molar-refractivity contribution in [3.05, 3.63) is 50.7 Å². The number of nitrogens with two attached hydrogens (primary N) is 1. The van der Waals surface area contributed by atoms with E-state index in [2.05, 4.69) is 4.98 Å². The SMILES string of the molecule is Cc1nc(CC(N)c2c(F)cc(F)cc2F)sc1C. The van der Waals surface area contributed by atoms with Crippen LogP contribution in [-0.2, 0) is 6.42 Å². The van der Waals surface area contributed by atoms with Crippen LogP contribution >= 0.6 is 11.3 Å². The maximum Gasteiger partial charge on any atom is 0.133 e. The smallest absolute Gasteiger partial charge is 0.133 e. The summed E-state index contributed by atoms with van der Waals surface area (Å²) in [6, 6.07) is 0.387. The Bertz CT molecular complexity index is 567. The van der Waals surface area contributed by atoms with E-state index in [1.165, 1.54) is 11.3 Å². The van der Waals surface area contributed by atoms with E-state index < -0.39 is 23.5 Å². The summed E-state index contributed by atoms with van der Waals surface area (Å²) in [4.78, 5) is 5.32. The monoisotopic (exact) mass is 286 g/mol. The number of hydrogen-bond donors (Lipinski definition) is 1. The lowest BCUT2D eigenvalue weighted by molar-refractivity contribution is 0.501. The average Bonchev–Trinajstić information content (AvgIpc) is 2.55. The van der Waals surface area contributed by atoms with Gasteiger partial charge in [0.05, 0.1) is 10.7 Å². The fourth-order valence-corrected chi connectivity index (χ4v) is 2.82. The zero-order valence-electron chi connectivity index (χ0n) is 10.5. The molecule has 0 aliphatic rings. The standard InChI is InChI=1S/C13H13F3N2S/c1-6-7(2)19-12(18-6)5-11(17)13-9(15)3-8(14)4-10(13)16/h3-4,11H,5,17H2,1-2H3. The van der Waals surface area contributed by atoms with Crippen molar-refractivity contribution in [1.82, 2.24) is 4.98 Å². The normalized spacial score (nSPS) is 12.7. The first-order valence-corrected chi connectivity index (χ1v) is 6.53. The molecule has 0 saturated heterocycles. The van der Waals surface area contributed by atoms with E-state index in [-0.39, 0.29) is 12.0 Å². The number of aryl methyl sites for hydroxylation is 2. The van der Waals surface area contributed by atoms with E-state index >= 15 is 0 Å². The van der Waals surface area contributed by atoms with Crippen molar-refractivity contribution in [3.8, 4) is 0 Å². The number of nitrogens with zero attached hydrogens (tertiary/aromatic N) is 1. The van der Waals surface area contributed by atoms with Crippen molar-refractivity contribution in [2.45, 2.75) is 26.3 Å². The fraction of sp³-hybridized carbons (Fsp3) is 0.308. The number of halogens is 3. The van der Waals surface area contributed by atoms with Crippen molar-refractivity contribution in [3.63, 3.8) is 0 Å². The van der Waals surface area contributed by atoms with Crippen LogP contribution < -0.4 is 5.73 Å². The Labute approximate surface area is 113 Å². The zero-order chi connectivity index (χ0) is 14.2. The van der Waals surface area contributed by atoms with Crippen LogP contribution in [0.3, 0.4) is 0 Å². The summed E-state index contributed by atoms with van der Waals surface area (Å²) >= 11 is 1.44. The molecule has 2 aromatic rings. The Kier molecular flexibility index (Phi) is 3.91. The highest BCUT2D eigenvalue weighted by Gasteiger charge is 2.20. The van der Waals surface area contributed by atoms with Crippen molar-refractivity contribution >= 4 is 11.3 Å². The highest BCUT2D eigenvalue weighted by molar-refractivity contribution is 7.11. The molecule has 6 heteroatoms. The van der Waals surface area contributed by atoms with Gasteiger partial charge in [0.25, 0.3) is 0 Å². The third kappa shape index (κ3) is 2.96. The third-order valence-electron chi connectivity index (χ3n) is 2.88. The molecular weight excluding hydrogens is 273 g/mol. The van der Waals surface area contributed by atoms with Gasteiger partial charge in [0.2, 0.25) is 0 Å². The quantitative estimate of drug-likeness (QED) is 0.939. The molecule has 2 rings (SSSR count). The lowest BCUT2D eigenvalue weighted by Gasteiger charge is -2.12. The molecule has 1 aromatic carbocycles. The van der Waals surface area contributed by atoms with Gasteiger partial charge in [-0.3, -0.25) is 0 Å². The van der Waals surface area contributed by atoms with Gasteiger partial charge in [-0.05, 0) is 13.8 Å². The number of aromatic nitrogens is 1. The average molecular weight is 286 g/mol. The number of thiazole rings is 1. The molecule has 0 amide bonds. The second-order valence-electron chi connectivity index (χ2n) is 4.34. The van der Waals surface area contributed by atoms with Crippen molar-refractivity contribution < 1.29 is 13.2 Å². The molecule has 1 atom stereocenters. The summed E-state index contributed by atoms with van der Waals surface area (Å²) in [5.41, 5.74) is 6.38. The van der Waals surface area contributed by atoms with Crippen molar-refractivity contribution in [2.24, 2.45) is 5.73 Å². The minimum Gasteiger partial charge on any atom is -0.323 e. The summed E-state index contributed by atoms with van der Waals surface area (Å²) in [5, 5.41) is 0.714. The highest BCUT2D eigenvalue weighted by atomic mass is 32.1. The molecule has 1 heterocycles. The molecule has 102 valence electrons. The molecule has 0 spiro atoms. The maximum absolute atomic E-state index is 13.6. The minimum atomic E-state index is -0.963. The molecule has 1 aromatic heterocycles. The van der Waals surface area contributed by atoms with Gasteiger partial charge in [0.15, 0.2) is 0 Å². The first-order chi connectivity index (χ1) is 8.88. The van der Waals surface area contributed by atoms with E-state index in [1.54, 1.807) is 0 Å². The van der Waals surface area contributed by atoms with Gasteiger partial charge in [-0.2, -0.15) is 0 Å². The number of rotatable bonds is 3. The largest absolute Gasteiger partial charge is 0.323 e. The van der Waals surface area contributed by atoms with E-state index in [0.717, 1.165) is 10.6 Å². The maximum atomic E-state index is 13.6. The van der Waals surface area contributed by atoms with E-state index in [1.807, 2.05) is 13.8 Å². The van der Waals surface area contributed by atoms with Crippen LogP contribution in [0.4, 0.5) is 13.2 Å². The van der Waals surface area contributed by atoms with Crippen molar-refractivity contribution in [1.29, 1.82) is 0 Å². The van der Waals surface area contributed by atoms with Crippen LogP contribution in [-0.4, -0.2) is 4.98 Å². The number of hydrogen-bond acceptors (Lipinski definition) is 3. The summed E-state index contributed by atoms with van der Waals surface area (Å²) in [7, 11) is 0. The summed E-state index contributed by atoms with van der Waals surface area (Å²) in [6.07, 6.45) is 0.221. The third-order valence-corrected chi connectivity index (χ3v) is 3.98. The molecule has 0 aliphatic heterocycles. The highest BCUT2D eigenvalue weighted by Crippen LogP contribution is 2.26. The Balaban J connectivity index is 2.27. The Morgan fingerprint density at radius 1 is 1.21 bits per heavy atom. The van der Waals surface area contributed by atoms with Crippen LogP contribution in [0.25, 0.3) is 0 Å². The molecule has 1 unspecified atom stereocenters. The molecule has 0 aliphatic carbocycles. The van der Waals surface area contributed by atoms with Crippen LogP contribution in [0.2, 0.25) is 0 Å². The van der Waals surface area contributed by atoms with Gasteiger partial charge < -0.3 is 5.73 Å². The molecular formula is C13H13F3N2S. The second-order valence-corrected chi connectivity index (χ2v) is 5.63. The predicted octanol–water partition coefficient (Wildman–Crippen LogP) is 3.42. The summed E-state index contributed by atoms with van der Waals surface area (Å²) in [6.45, 7) is 3.78. The van der Waals surface area contributed by atoms with Gasteiger partial charge in [0.1, 0.15) is 17.5 Å². The molecule has 0 saturated carbocycles. The van der Waals surface area contributed by atoms with Crippen LogP contribution in [0, 0.1) is 31.3 Å². The van der Waals surface area contributed by atoms with Gasteiger partial charge in [-0.1, -0.05) is 0 Å². The van der Waals surface area contributed by atoms with Crippen LogP contribution in [0.1, 0.15) is 27.2 Å². The van der Waals surface area contributed by atoms with Crippen LogP contribution in [0.5, 0.6) is 0 Å². The Morgan fingerprint density at radius 3 is 2.26 bits per heavy atom. The molecule has 0 bridgehead atoms. The second kappa shape index (κ2) is 5.30. The van der Waals surface area contributed by atoms with Crippen molar-refractivity contribution in [2.75, 3.05) is 0 Å². The number of benzene rings is 1. The Hall–Kier alpha value is -1.40. The molecule has 2 nitrogen and oxygen atoms in total. The zero-order valence-corrected chi connectivity index (χ0v) is 11.3. The van der Waals surface area contributed by atoms with Gasteiger partial charge in [0, 0.05) is 35.0 Å². The lowest BCUT2D eigenvalue weighted by atomic mass is 10.0. The summed E-state index contributed by atoms with van der Waals surface area (Å²) in [5.74, 6) is -2.88. The lowest BCUT2D eigenvalue weighted by Crippen LogP contribution is -2.17. The molecule has 2 N–H and O–H groups in total. The fourth-order valence-electron chi connectivity index (χ4n) is 1.82. The summed E-state index contributed by atoms with van der Waals surface area (Å²) < 4.78 is 40.0. The van der Waals surface area contributed by atoms with E-state index in [0.29, 0.717) is 17.1 Å². The van der Waals surface area contributed by atoms with E-state index in [9.17, 15) is 13.2 Å². The van der Waals surface area contributed by atoms with Crippen LogP contribution in [0.15, 0.2) is 12.1 Å². The molecule has 0 fully saturated rings. The topological polar surface area (TPSA) is 38.9 Å². The Morgan fingerprint density at radius 2 is 1.79 bits per heavy atom. The predicted molar refractivity (Wildman–Crippen MR) is 68.5 cm³/mol. The minimum absolute atomic E-state index is 0.221. The molecule has 0 radical (unpaired) electrons. The van der Waals surface area contributed by atoms with Gasteiger partial charge in [-0.15, -0.1) is 11.3 Å². The first kappa shape index (κ1) is 14.0. The van der Waals surface area contributed by atoms with Gasteiger partial charge >= 0.3 is 0 Å². The molecule has 19 heavy (non-hydrogen) atoms. The first-order valence-electron chi connectivity index (χ1n) is 5.71.